The monoisotopic (exact) mass is 743 g/mol. The Morgan fingerprint density at radius 1 is 0.982 bits per heavy atom. The zero-order valence-corrected chi connectivity index (χ0v) is 31.4. The third-order valence-electron chi connectivity index (χ3n) is 11.0. The smallest absolute Gasteiger partial charge is 0.255 e. The molecule has 10 nitrogen and oxygen atoms in total. The summed E-state index contributed by atoms with van der Waals surface area (Å²) in [5.74, 6) is 0.720. The number of rotatable bonds is 16. The molecule has 10 heteroatoms. The lowest BCUT2D eigenvalue weighted by Gasteiger charge is -2.58. The molecule has 1 atom stereocenters. The topological polar surface area (TPSA) is 118 Å². The van der Waals surface area contributed by atoms with Crippen molar-refractivity contribution in [3.8, 4) is 11.5 Å². The minimum Gasteiger partial charge on any atom is -0.508 e. The molecule has 4 aliphatic rings. The van der Waals surface area contributed by atoms with E-state index in [0.29, 0.717) is 49.5 Å². The van der Waals surface area contributed by atoms with Crippen molar-refractivity contribution < 1.29 is 33.7 Å². The van der Waals surface area contributed by atoms with Crippen molar-refractivity contribution in [3.63, 3.8) is 0 Å². The lowest BCUT2D eigenvalue weighted by molar-refractivity contribution is -0.154. The number of ether oxygens (including phenoxy) is 3. The molecule has 1 unspecified atom stereocenters. The van der Waals surface area contributed by atoms with Gasteiger partial charge in [-0.3, -0.25) is 24.6 Å². The Hall–Kier alpha value is -5.45. The number of benzene rings is 3. The number of hydrogen-bond donors (Lipinski definition) is 2. The van der Waals surface area contributed by atoms with Gasteiger partial charge in [0, 0.05) is 43.6 Å². The molecule has 0 bridgehead atoms. The van der Waals surface area contributed by atoms with Crippen LogP contribution in [0, 0.1) is 5.41 Å². The molecule has 1 spiro atoms. The van der Waals surface area contributed by atoms with Gasteiger partial charge < -0.3 is 24.2 Å². The fraction of sp³-hybridized carbons (Fsp3) is 0.356. The molecule has 2 N–H and O–H groups in total. The minimum atomic E-state index is -0.631. The Morgan fingerprint density at radius 3 is 2.49 bits per heavy atom. The highest BCUT2D eigenvalue weighted by atomic mass is 16.5. The van der Waals surface area contributed by atoms with Gasteiger partial charge in [0.15, 0.2) is 0 Å². The standard InChI is InChI=1S/C45H49N3O7/c1-3-35(11-8-12-39(32-13-15-34(49)16-14-32)38(4-2)31-9-6-5-7-10-31)53-22-21-47-29-45(30-47)26-37(27-45)55-24-23-54-36-17-18-40-33(25-36)28-48(44(40)52)41-19-20-42(50)46-43(41)51/h3,5-18,25,37,41,49H,1,4,19-24,26-30H2,2H3,(H,46,50,51)/b12-8+,35-11+,39-38+. The molecule has 286 valence electrons. The van der Waals surface area contributed by atoms with Crippen molar-refractivity contribution in [2.45, 2.75) is 57.7 Å². The van der Waals surface area contributed by atoms with Gasteiger partial charge >= 0.3 is 0 Å². The highest BCUT2D eigenvalue weighted by Crippen LogP contribution is 2.49. The summed E-state index contributed by atoms with van der Waals surface area (Å²) < 4.78 is 18.2. The maximum atomic E-state index is 12.9. The number of nitrogens with one attached hydrogen (secondary N) is 1. The van der Waals surface area contributed by atoms with E-state index in [1.165, 1.54) is 11.1 Å². The summed E-state index contributed by atoms with van der Waals surface area (Å²) in [7, 11) is 0. The van der Waals surface area contributed by atoms with Crippen LogP contribution in [0.2, 0.25) is 0 Å². The third kappa shape index (κ3) is 8.77. The van der Waals surface area contributed by atoms with E-state index in [-0.39, 0.29) is 30.1 Å². The summed E-state index contributed by atoms with van der Waals surface area (Å²) in [6, 6.07) is 22.4. The first kappa shape index (κ1) is 37.8. The van der Waals surface area contributed by atoms with E-state index >= 15 is 0 Å². The first-order valence-corrected chi connectivity index (χ1v) is 19.2. The van der Waals surface area contributed by atoms with Gasteiger partial charge in [0.1, 0.15) is 36.5 Å². The predicted molar refractivity (Wildman–Crippen MR) is 211 cm³/mol. The highest BCUT2D eigenvalue weighted by molar-refractivity contribution is 6.05. The normalized spacial score (nSPS) is 20.2. The lowest BCUT2D eigenvalue weighted by Crippen LogP contribution is -2.64. The number of carbonyl (C=O) groups is 3. The number of imide groups is 1. The number of likely N-dealkylation sites (tertiary alicyclic amines) is 1. The molecule has 1 saturated carbocycles. The van der Waals surface area contributed by atoms with Crippen LogP contribution in [-0.2, 0) is 25.6 Å². The molecule has 3 heterocycles. The van der Waals surface area contributed by atoms with E-state index in [4.69, 9.17) is 14.2 Å². The van der Waals surface area contributed by atoms with Crippen LogP contribution in [0.4, 0.5) is 0 Å². The molecule has 1 aliphatic carbocycles. The van der Waals surface area contributed by atoms with Crippen LogP contribution in [0.3, 0.4) is 0 Å². The van der Waals surface area contributed by atoms with Crippen LogP contribution in [0.15, 0.2) is 109 Å². The molecular formula is C45H49N3O7. The highest BCUT2D eigenvalue weighted by Gasteiger charge is 2.52. The maximum absolute atomic E-state index is 12.9. The van der Waals surface area contributed by atoms with Crippen LogP contribution in [0.1, 0.15) is 66.1 Å². The summed E-state index contributed by atoms with van der Waals surface area (Å²) >= 11 is 0. The fourth-order valence-corrected chi connectivity index (χ4v) is 8.27. The first-order valence-electron chi connectivity index (χ1n) is 19.2. The minimum absolute atomic E-state index is 0.193. The number of phenols is 1. The number of allylic oxidation sites excluding steroid dienone is 6. The second-order valence-corrected chi connectivity index (χ2v) is 14.8. The Morgan fingerprint density at radius 2 is 1.76 bits per heavy atom. The molecule has 3 aromatic carbocycles. The average molecular weight is 744 g/mol. The number of nitrogens with zero attached hydrogens (tertiary/aromatic N) is 2. The van der Waals surface area contributed by atoms with Crippen molar-refractivity contribution in [1.29, 1.82) is 0 Å². The number of amides is 3. The van der Waals surface area contributed by atoms with Gasteiger partial charge in [-0.25, -0.2) is 0 Å². The van der Waals surface area contributed by atoms with Gasteiger partial charge in [-0.1, -0.05) is 68.1 Å². The zero-order valence-electron chi connectivity index (χ0n) is 31.4. The first-order chi connectivity index (χ1) is 26.7. The van der Waals surface area contributed by atoms with Crippen molar-refractivity contribution in [3.05, 3.63) is 132 Å². The molecule has 55 heavy (non-hydrogen) atoms. The lowest BCUT2D eigenvalue weighted by atomic mass is 9.62. The summed E-state index contributed by atoms with van der Waals surface area (Å²) in [6.07, 6.45) is 11.5. The average Bonchev–Trinajstić information content (AvgIpc) is 3.48. The summed E-state index contributed by atoms with van der Waals surface area (Å²) in [4.78, 5) is 40.8. The quantitative estimate of drug-likeness (QED) is 0.0549. The fourth-order valence-electron chi connectivity index (χ4n) is 8.27. The van der Waals surface area contributed by atoms with Crippen LogP contribution in [0.5, 0.6) is 11.5 Å². The van der Waals surface area contributed by atoms with E-state index in [1.807, 2.05) is 48.6 Å². The van der Waals surface area contributed by atoms with Gasteiger partial charge in [0.25, 0.3) is 5.91 Å². The van der Waals surface area contributed by atoms with Crippen LogP contribution in [-0.4, -0.2) is 84.2 Å². The summed E-state index contributed by atoms with van der Waals surface area (Å²) in [5, 5.41) is 12.2. The Bertz CT molecular complexity index is 1990. The Kier molecular flexibility index (Phi) is 11.6. The second-order valence-electron chi connectivity index (χ2n) is 14.8. The van der Waals surface area contributed by atoms with E-state index in [1.54, 1.807) is 35.2 Å². The van der Waals surface area contributed by atoms with Gasteiger partial charge in [-0.15, -0.1) is 0 Å². The molecule has 0 aromatic heterocycles. The zero-order chi connectivity index (χ0) is 38.4. The van der Waals surface area contributed by atoms with Gasteiger partial charge in [0.05, 0.1) is 12.7 Å². The Labute approximate surface area is 322 Å². The van der Waals surface area contributed by atoms with E-state index in [0.717, 1.165) is 61.4 Å². The van der Waals surface area contributed by atoms with Crippen molar-refractivity contribution in [2.75, 3.05) is 39.5 Å². The number of phenolic OH excluding ortho intramolecular Hbond substituents is 1. The van der Waals surface area contributed by atoms with Crippen LogP contribution < -0.4 is 10.1 Å². The molecule has 7 rings (SSSR count). The predicted octanol–water partition coefficient (Wildman–Crippen LogP) is 6.68. The van der Waals surface area contributed by atoms with Crippen molar-refractivity contribution in [1.82, 2.24) is 15.1 Å². The van der Waals surface area contributed by atoms with Gasteiger partial charge in [-0.05, 0) is 96.0 Å². The summed E-state index contributed by atoms with van der Waals surface area (Å²) in [6.45, 7) is 10.8. The number of piperidine rings is 1. The van der Waals surface area contributed by atoms with E-state index in [2.05, 4.69) is 41.9 Å². The maximum Gasteiger partial charge on any atom is 0.255 e. The van der Waals surface area contributed by atoms with Crippen LogP contribution >= 0.6 is 0 Å². The van der Waals surface area contributed by atoms with Crippen LogP contribution in [0.25, 0.3) is 11.1 Å². The molecule has 3 amide bonds. The summed E-state index contributed by atoms with van der Waals surface area (Å²) in [5.41, 5.74) is 6.23. The molecule has 3 fully saturated rings. The number of fused-ring (bicyclic) bond motifs is 1. The Balaban J connectivity index is 0.812. The number of carbonyl (C=O) groups excluding carboxylic acids is 3. The largest absolute Gasteiger partial charge is 0.508 e. The molecule has 0 radical (unpaired) electrons. The molecule has 3 aliphatic heterocycles. The SMILES string of the molecule is C=C\C(=C/C=C/C(=C(/CC)c1ccccc1)c1ccc(O)cc1)OCCN1CC2(CC(OCCOc3ccc4c(c3)CN(C3CCC(=O)NC3=O)C4=O)C2)C1. The second kappa shape index (κ2) is 16.9. The molecular weight excluding hydrogens is 695 g/mol. The number of hydrogen-bond acceptors (Lipinski definition) is 8. The third-order valence-corrected chi connectivity index (χ3v) is 11.0. The van der Waals surface area contributed by atoms with Crippen molar-refractivity contribution in [2.24, 2.45) is 5.41 Å². The van der Waals surface area contributed by atoms with E-state index in [9.17, 15) is 19.5 Å². The van der Waals surface area contributed by atoms with Gasteiger partial charge in [-0.2, -0.15) is 0 Å². The molecule has 3 aromatic rings. The van der Waals surface area contributed by atoms with E-state index < -0.39 is 11.9 Å². The van der Waals surface area contributed by atoms with Gasteiger partial charge in [0.2, 0.25) is 11.8 Å². The van der Waals surface area contributed by atoms with Crippen molar-refractivity contribution >= 4 is 28.9 Å². The number of aromatic hydroxyl groups is 1. The molecule has 2 saturated heterocycles.